The lowest BCUT2D eigenvalue weighted by Crippen LogP contribution is -2.36. The number of aromatic nitrogens is 4. The molecule has 1 N–H and O–H groups in total. The van der Waals surface area contributed by atoms with Gasteiger partial charge in [0.1, 0.15) is 13.1 Å². The smallest absolute Gasteiger partial charge is 0.345 e. The monoisotopic (exact) mass is 313 g/mol. The second kappa shape index (κ2) is 6.54. The van der Waals surface area contributed by atoms with Gasteiger partial charge in [-0.2, -0.15) is 18.0 Å². The Hall–Kier alpha value is -2.45. The number of carbonyl (C=O) groups excluding carboxylic acids is 1. The van der Waals surface area contributed by atoms with Crippen LogP contribution in [0, 0.1) is 0 Å². The fourth-order valence-electron chi connectivity index (χ4n) is 1.70. The Morgan fingerprint density at radius 1 is 1.27 bits per heavy atom. The van der Waals surface area contributed by atoms with Crippen LogP contribution < -0.4 is 5.32 Å². The van der Waals surface area contributed by atoms with Crippen molar-refractivity contribution >= 4 is 5.91 Å². The number of rotatable bonds is 5. The molecule has 6 nitrogen and oxygen atoms in total. The number of halogens is 3. The molecule has 0 spiro atoms. The van der Waals surface area contributed by atoms with Crippen LogP contribution in [-0.4, -0.2) is 38.8 Å². The third-order valence-electron chi connectivity index (χ3n) is 2.84. The van der Waals surface area contributed by atoms with E-state index in [1.54, 1.807) is 5.32 Å². The van der Waals surface area contributed by atoms with Gasteiger partial charge in [-0.25, -0.2) is 0 Å². The second-order valence-corrected chi connectivity index (χ2v) is 4.59. The van der Waals surface area contributed by atoms with E-state index in [1.165, 1.54) is 0 Å². The number of aryl methyl sites for hydroxylation is 1. The van der Waals surface area contributed by atoms with E-state index in [4.69, 9.17) is 0 Å². The average molecular weight is 313 g/mol. The fraction of sp³-hybridized carbons (Fsp3) is 0.385. The van der Waals surface area contributed by atoms with Crippen LogP contribution in [0.2, 0.25) is 0 Å². The summed E-state index contributed by atoms with van der Waals surface area (Å²) in [7, 11) is 0. The Bertz CT molecular complexity index is 636. The molecular weight excluding hydrogens is 299 g/mol. The van der Waals surface area contributed by atoms with E-state index >= 15 is 0 Å². The van der Waals surface area contributed by atoms with Crippen LogP contribution in [0.4, 0.5) is 13.2 Å². The highest BCUT2D eigenvalue weighted by Crippen LogP contribution is 2.15. The molecule has 0 saturated heterocycles. The summed E-state index contributed by atoms with van der Waals surface area (Å²) in [6.45, 7) is 0.227. The van der Waals surface area contributed by atoms with Gasteiger partial charge in [0, 0.05) is 5.56 Å². The molecule has 2 rings (SSSR count). The van der Waals surface area contributed by atoms with Gasteiger partial charge in [-0.15, -0.1) is 10.2 Å². The third-order valence-corrected chi connectivity index (χ3v) is 2.84. The largest absolute Gasteiger partial charge is 0.405 e. The van der Waals surface area contributed by atoms with E-state index in [-0.39, 0.29) is 0 Å². The predicted octanol–water partition coefficient (Wildman–Crippen LogP) is 1.58. The van der Waals surface area contributed by atoms with Crippen LogP contribution >= 0.6 is 0 Å². The molecule has 0 atom stereocenters. The number of alkyl halides is 3. The van der Waals surface area contributed by atoms with Gasteiger partial charge in [0.25, 0.3) is 0 Å². The molecule has 1 aromatic carbocycles. The first-order chi connectivity index (χ1) is 10.4. The maximum absolute atomic E-state index is 12.0. The van der Waals surface area contributed by atoms with Crippen LogP contribution in [0.15, 0.2) is 24.3 Å². The first kappa shape index (κ1) is 15.9. The zero-order chi connectivity index (χ0) is 16.2. The number of hydrogen-bond acceptors (Lipinski definition) is 4. The van der Waals surface area contributed by atoms with Gasteiger partial charge in [-0.05, 0) is 17.2 Å². The third kappa shape index (κ3) is 4.54. The molecule has 9 heteroatoms. The van der Waals surface area contributed by atoms with E-state index in [9.17, 15) is 18.0 Å². The number of tetrazole rings is 1. The van der Waals surface area contributed by atoms with Crippen LogP contribution in [0.25, 0.3) is 11.4 Å². The highest BCUT2D eigenvalue weighted by molar-refractivity contribution is 5.75. The number of nitrogens with zero attached hydrogens (tertiary/aromatic N) is 4. The van der Waals surface area contributed by atoms with E-state index < -0.39 is 25.2 Å². The lowest BCUT2D eigenvalue weighted by atomic mass is 10.1. The zero-order valence-electron chi connectivity index (χ0n) is 11.8. The van der Waals surface area contributed by atoms with Crippen LogP contribution in [0.3, 0.4) is 0 Å². The highest BCUT2D eigenvalue weighted by atomic mass is 19.4. The molecule has 22 heavy (non-hydrogen) atoms. The van der Waals surface area contributed by atoms with Gasteiger partial charge < -0.3 is 5.32 Å². The number of hydrogen-bond donors (Lipinski definition) is 1. The van der Waals surface area contributed by atoms with Crippen LogP contribution in [0.1, 0.15) is 12.5 Å². The van der Waals surface area contributed by atoms with E-state index in [0.717, 1.165) is 22.3 Å². The van der Waals surface area contributed by atoms with Gasteiger partial charge in [0.05, 0.1) is 0 Å². The lowest BCUT2D eigenvalue weighted by molar-refractivity contribution is -0.139. The lowest BCUT2D eigenvalue weighted by Gasteiger charge is -2.07. The van der Waals surface area contributed by atoms with Crippen molar-refractivity contribution in [3.8, 4) is 11.4 Å². The Kier molecular flexibility index (Phi) is 4.74. The molecule has 0 aliphatic rings. The summed E-state index contributed by atoms with van der Waals surface area (Å²) in [5.74, 6) is -0.520. The van der Waals surface area contributed by atoms with Crippen molar-refractivity contribution < 1.29 is 18.0 Å². The quantitative estimate of drug-likeness (QED) is 0.909. The predicted molar refractivity (Wildman–Crippen MR) is 71.7 cm³/mol. The van der Waals surface area contributed by atoms with Crippen molar-refractivity contribution in [2.75, 3.05) is 6.54 Å². The molecule has 0 fully saturated rings. The Labute approximate surface area is 124 Å². The molecule has 1 amide bonds. The van der Waals surface area contributed by atoms with Crippen molar-refractivity contribution in [3.05, 3.63) is 29.8 Å². The van der Waals surface area contributed by atoms with Crippen molar-refractivity contribution in [2.45, 2.75) is 26.1 Å². The van der Waals surface area contributed by atoms with Crippen LogP contribution in [-0.2, 0) is 17.8 Å². The fourth-order valence-corrected chi connectivity index (χ4v) is 1.70. The summed E-state index contributed by atoms with van der Waals surface area (Å²) in [6, 6.07) is 7.49. The first-order valence-electron chi connectivity index (χ1n) is 6.58. The number of nitrogens with one attached hydrogen (secondary N) is 1. The highest BCUT2D eigenvalue weighted by Gasteiger charge is 2.27. The molecule has 0 aliphatic heterocycles. The summed E-state index contributed by atoms with van der Waals surface area (Å²) in [6.07, 6.45) is -3.54. The van der Waals surface area contributed by atoms with Gasteiger partial charge >= 0.3 is 6.18 Å². The summed E-state index contributed by atoms with van der Waals surface area (Å²) in [4.78, 5) is 12.3. The maximum Gasteiger partial charge on any atom is 0.405 e. The summed E-state index contributed by atoms with van der Waals surface area (Å²) in [5.41, 5.74) is 1.88. The summed E-state index contributed by atoms with van der Waals surface area (Å²) < 4.78 is 35.9. The van der Waals surface area contributed by atoms with Gasteiger partial charge in [-0.1, -0.05) is 31.2 Å². The standard InChI is InChI=1S/C13H14F3N5O/c1-2-9-3-5-10(6-4-9)12-18-20-21(19-12)7-11(22)17-8-13(14,15)16/h3-6H,2,7-8H2,1H3,(H,17,22). The topological polar surface area (TPSA) is 72.7 Å². The molecule has 118 valence electrons. The van der Waals surface area contributed by atoms with Crippen LogP contribution in [0.5, 0.6) is 0 Å². The van der Waals surface area contributed by atoms with E-state index in [1.807, 2.05) is 31.2 Å². The average Bonchev–Trinajstić information content (AvgIpc) is 2.93. The molecular formula is C13H14F3N5O. The maximum atomic E-state index is 12.0. The minimum Gasteiger partial charge on any atom is -0.345 e. The Morgan fingerprint density at radius 3 is 2.55 bits per heavy atom. The molecule has 2 aromatic rings. The first-order valence-corrected chi connectivity index (χ1v) is 6.58. The molecule has 0 aliphatic carbocycles. The van der Waals surface area contributed by atoms with E-state index in [0.29, 0.717) is 5.82 Å². The van der Waals surface area contributed by atoms with E-state index in [2.05, 4.69) is 15.4 Å². The summed E-state index contributed by atoms with van der Waals surface area (Å²) in [5, 5.41) is 13.2. The number of benzene rings is 1. The minimum absolute atomic E-state index is 0.311. The molecule has 0 bridgehead atoms. The van der Waals surface area contributed by atoms with Crippen molar-refractivity contribution in [3.63, 3.8) is 0 Å². The molecule has 1 heterocycles. The Balaban J connectivity index is 1.97. The van der Waals surface area contributed by atoms with Crippen molar-refractivity contribution in [2.24, 2.45) is 0 Å². The molecule has 0 radical (unpaired) electrons. The Morgan fingerprint density at radius 2 is 1.95 bits per heavy atom. The minimum atomic E-state index is -4.45. The van der Waals surface area contributed by atoms with Gasteiger partial charge in [0.2, 0.25) is 11.7 Å². The van der Waals surface area contributed by atoms with Crippen molar-refractivity contribution in [1.82, 2.24) is 25.5 Å². The van der Waals surface area contributed by atoms with Gasteiger partial charge in [-0.3, -0.25) is 4.79 Å². The second-order valence-electron chi connectivity index (χ2n) is 4.59. The number of amides is 1. The zero-order valence-corrected chi connectivity index (χ0v) is 11.8. The molecule has 0 saturated carbocycles. The number of carbonyl (C=O) groups is 1. The molecule has 1 aromatic heterocycles. The SMILES string of the molecule is CCc1ccc(-c2nnn(CC(=O)NCC(F)(F)F)n2)cc1. The molecule has 0 unspecified atom stereocenters. The summed E-state index contributed by atoms with van der Waals surface area (Å²) >= 11 is 0. The van der Waals surface area contributed by atoms with Crippen molar-refractivity contribution in [1.29, 1.82) is 0 Å². The van der Waals surface area contributed by atoms with Gasteiger partial charge in [0.15, 0.2) is 0 Å². The normalized spacial score (nSPS) is 11.5.